The number of anilines is 1. The van der Waals surface area contributed by atoms with E-state index in [1.54, 1.807) is 12.3 Å². The predicted octanol–water partition coefficient (Wildman–Crippen LogP) is 0.549. The first kappa shape index (κ1) is 8.91. The van der Waals surface area contributed by atoms with Gasteiger partial charge in [0.2, 0.25) is 5.95 Å². The molecule has 1 aromatic heterocycles. The van der Waals surface area contributed by atoms with Crippen molar-refractivity contribution in [3.05, 3.63) is 18.0 Å². The summed E-state index contributed by atoms with van der Waals surface area (Å²) in [4.78, 5) is 8.04. The minimum atomic E-state index is 0.268. The second-order valence-electron chi connectivity index (χ2n) is 3.08. The molecule has 0 bridgehead atoms. The van der Waals surface area contributed by atoms with E-state index in [1.165, 1.54) is 0 Å². The summed E-state index contributed by atoms with van der Waals surface area (Å²) >= 11 is 0. The van der Waals surface area contributed by atoms with Crippen molar-refractivity contribution in [1.82, 2.24) is 9.97 Å². The van der Waals surface area contributed by atoms with Crippen LogP contribution in [0.2, 0.25) is 0 Å². The Morgan fingerprint density at radius 2 is 2.57 bits per heavy atom. The van der Waals surface area contributed by atoms with Crippen LogP contribution in [0.1, 0.15) is 12.1 Å². The van der Waals surface area contributed by atoms with Crippen LogP contribution in [0.3, 0.4) is 0 Å². The van der Waals surface area contributed by atoms with Crippen molar-refractivity contribution in [1.29, 1.82) is 5.26 Å². The van der Waals surface area contributed by atoms with E-state index in [2.05, 4.69) is 15.3 Å². The molecule has 1 aromatic rings. The Morgan fingerprint density at radius 3 is 3.29 bits per heavy atom. The molecule has 14 heavy (non-hydrogen) atoms. The lowest BCUT2D eigenvalue weighted by molar-refractivity contribution is 0.195. The maximum atomic E-state index is 8.63. The fraction of sp³-hybridized carbons (Fsp3) is 0.444. The van der Waals surface area contributed by atoms with Gasteiger partial charge in [0, 0.05) is 12.8 Å². The van der Waals surface area contributed by atoms with Crippen molar-refractivity contribution in [3.63, 3.8) is 0 Å². The maximum absolute atomic E-state index is 8.63. The van der Waals surface area contributed by atoms with Gasteiger partial charge in [0.25, 0.3) is 0 Å². The van der Waals surface area contributed by atoms with Gasteiger partial charge in [0.05, 0.1) is 12.6 Å². The number of nitrogens with one attached hydrogen (secondary N) is 1. The molecule has 0 amide bonds. The lowest BCUT2D eigenvalue weighted by atomic mass is 10.3. The van der Waals surface area contributed by atoms with Gasteiger partial charge in [-0.1, -0.05) is 0 Å². The number of hydrogen-bond donors (Lipinski definition) is 1. The zero-order valence-corrected chi connectivity index (χ0v) is 7.60. The topological polar surface area (TPSA) is 70.8 Å². The van der Waals surface area contributed by atoms with Gasteiger partial charge < -0.3 is 10.1 Å². The van der Waals surface area contributed by atoms with E-state index < -0.39 is 0 Å². The molecule has 0 saturated carbocycles. The Bertz CT molecular complexity index is 354. The first-order valence-corrected chi connectivity index (χ1v) is 4.46. The van der Waals surface area contributed by atoms with Crippen molar-refractivity contribution in [2.45, 2.75) is 12.5 Å². The standard InChI is InChI=1S/C9H10N4O/c10-5-7-1-3-11-9(12-7)13-8-2-4-14-6-8/h1,3,8H,2,4,6H2,(H,11,12,13). The number of hydrogen-bond acceptors (Lipinski definition) is 5. The van der Waals surface area contributed by atoms with E-state index >= 15 is 0 Å². The van der Waals surface area contributed by atoms with Gasteiger partial charge in [-0.15, -0.1) is 0 Å². The van der Waals surface area contributed by atoms with Gasteiger partial charge in [0.15, 0.2) is 0 Å². The average molecular weight is 190 g/mol. The van der Waals surface area contributed by atoms with Crippen LogP contribution in [0.25, 0.3) is 0 Å². The summed E-state index contributed by atoms with van der Waals surface area (Å²) in [5.41, 5.74) is 0.376. The van der Waals surface area contributed by atoms with E-state index in [1.807, 2.05) is 6.07 Å². The van der Waals surface area contributed by atoms with Crippen molar-refractivity contribution < 1.29 is 4.74 Å². The monoisotopic (exact) mass is 190 g/mol. The van der Waals surface area contributed by atoms with E-state index in [0.717, 1.165) is 13.0 Å². The minimum Gasteiger partial charge on any atom is -0.379 e. The minimum absolute atomic E-state index is 0.268. The molecule has 2 rings (SSSR count). The van der Waals surface area contributed by atoms with Crippen LogP contribution in [0, 0.1) is 11.3 Å². The van der Waals surface area contributed by atoms with E-state index in [0.29, 0.717) is 18.2 Å². The van der Waals surface area contributed by atoms with Crippen molar-refractivity contribution in [2.75, 3.05) is 18.5 Å². The first-order valence-electron chi connectivity index (χ1n) is 4.46. The smallest absolute Gasteiger partial charge is 0.224 e. The van der Waals surface area contributed by atoms with E-state index in [-0.39, 0.29) is 6.04 Å². The molecule has 0 aromatic carbocycles. The van der Waals surface area contributed by atoms with Crippen LogP contribution >= 0.6 is 0 Å². The molecule has 2 heterocycles. The van der Waals surface area contributed by atoms with Crippen LogP contribution in [0.4, 0.5) is 5.95 Å². The molecule has 0 radical (unpaired) electrons. The second kappa shape index (κ2) is 4.03. The Kier molecular flexibility index (Phi) is 2.56. The molecule has 1 aliphatic rings. The average Bonchev–Trinajstić information content (AvgIpc) is 2.71. The third-order valence-corrected chi connectivity index (χ3v) is 2.03. The zero-order valence-electron chi connectivity index (χ0n) is 7.60. The summed E-state index contributed by atoms with van der Waals surface area (Å²) in [6.45, 7) is 1.45. The van der Waals surface area contributed by atoms with E-state index in [9.17, 15) is 0 Å². The number of rotatable bonds is 2. The molecule has 5 heteroatoms. The number of nitriles is 1. The summed E-state index contributed by atoms with van der Waals surface area (Å²) < 4.78 is 5.20. The lowest BCUT2D eigenvalue weighted by Gasteiger charge is -2.09. The number of nitrogens with zero attached hydrogens (tertiary/aromatic N) is 3. The molecule has 1 N–H and O–H groups in total. The number of aromatic nitrogens is 2. The Morgan fingerprint density at radius 1 is 1.64 bits per heavy atom. The summed E-state index contributed by atoms with van der Waals surface area (Å²) in [5, 5.41) is 11.7. The second-order valence-corrected chi connectivity index (χ2v) is 3.08. The van der Waals surface area contributed by atoms with Crippen LogP contribution in [-0.4, -0.2) is 29.2 Å². The van der Waals surface area contributed by atoms with Gasteiger partial charge in [-0.2, -0.15) is 5.26 Å². The largest absolute Gasteiger partial charge is 0.379 e. The van der Waals surface area contributed by atoms with Crippen LogP contribution in [-0.2, 0) is 4.74 Å². The molecule has 1 fully saturated rings. The summed E-state index contributed by atoms with van der Waals surface area (Å²) in [6.07, 6.45) is 2.53. The molecule has 1 atom stereocenters. The Labute approximate surface area is 81.7 Å². The Hall–Kier alpha value is -1.67. The number of ether oxygens (including phenoxy) is 1. The third kappa shape index (κ3) is 1.98. The van der Waals surface area contributed by atoms with Crippen LogP contribution < -0.4 is 5.32 Å². The molecule has 1 saturated heterocycles. The van der Waals surface area contributed by atoms with Gasteiger partial charge in [-0.25, -0.2) is 9.97 Å². The summed E-state index contributed by atoms with van der Waals surface area (Å²) in [5.74, 6) is 0.500. The SMILES string of the molecule is N#Cc1ccnc(NC2CCOC2)n1. The van der Waals surface area contributed by atoms with Crippen molar-refractivity contribution in [3.8, 4) is 6.07 Å². The van der Waals surface area contributed by atoms with E-state index in [4.69, 9.17) is 10.00 Å². The van der Waals surface area contributed by atoms with Crippen molar-refractivity contribution in [2.24, 2.45) is 0 Å². The molecule has 72 valence electrons. The fourth-order valence-corrected chi connectivity index (χ4v) is 1.32. The van der Waals surface area contributed by atoms with Gasteiger partial charge in [0.1, 0.15) is 11.8 Å². The fourth-order valence-electron chi connectivity index (χ4n) is 1.32. The Balaban J connectivity index is 2.05. The molecule has 1 aliphatic heterocycles. The lowest BCUT2D eigenvalue weighted by Crippen LogP contribution is -2.20. The van der Waals surface area contributed by atoms with Gasteiger partial charge >= 0.3 is 0 Å². The molecule has 5 nitrogen and oxygen atoms in total. The summed E-state index contributed by atoms with van der Waals surface area (Å²) in [7, 11) is 0. The normalized spacial score (nSPS) is 20.4. The highest BCUT2D eigenvalue weighted by molar-refractivity contribution is 5.31. The first-order chi connectivity index (χ1) is 6.88. The van der Waals surface area contributed by atoms with Gasteiger partial charge in [-0.3, -0.25) is 0 Å². The van der Waals surface area contributed by atoms with Gasteiger partial charge in [-0.05, 0) is 12.5 Å². The maximum Gasteiger partial charge on any atom is 0.224 e. The predicted molar refractivity (Wildman–Crippen MR) is 49.6 cm³/mol. The highest BCUT2D eigenvalue weighted by Gasteiger charge is 2.15. The molecular formula is C9H10N4O. The molecule has 1 unspecified atom stereocenters. The molecule has 0 aliphatic carbocycles. The molecule has 0 spiro atoms. The third-order valence-electron chi connectivity index (χ3n) is 2.03. The highest BCUT2D eigenvalue weighted by Crippen LogP contribution is 2.09. The quantitative estimate of drug-likeness (QED) is 0.737. The summed E-state index contributed by atoms with van der Waals surface area (Å²) in [6, 6.07) is 3.82. The molecular weight excluding hydrogens is 180 g/mol. The van der Waals surface area contributed by atoms with Crippen LogP contribution in [0.5, 0.6) is 0 Å². The zero-order chi connectivity index (χ0) is 9.80. The van der Waals surface area contributed by atoms with Crippen molar-refractivity contribution >= 4 is 5.95 Å². The highest BCUT2D eigenvalue weighted by atomic mass is 16.5. The van der Waals surface area contributed by atoms with Crippen LogP contribution in [0.15, 0.2) is 12.3 Å².